The van der Waals surface area contributed by atoms with Crippen LogP contribution in [0.2, 0.25) is 0 Å². The first-order valence-electron chi connectivity index (χ1n) is 5.66. The SMILES string of the molecule is CCCCc1ccc2cc(C)ccc2n1. The monoisotopic (exact) mass is 199 g/mol. The van der Waals surface area contributed by atoms with Gasteiger partial charge in [0.25, 0.3) is 0 Å². The zero-order valence-electron chi connectivity index (χ0n) is 9.46. The van der Waals surface area contributed by atoms with Crippen molar-refractivity contribution in [1.29, 1.82) is 0 Å². The number of aryl methyl sites for hydroxylation is 2. The molecule has 0 aliphatic carbocycles. The molecule has 0 unspecified atom stereocenters. The summed E-state index contributed by atoms with van der Waals surface area (Å²) in [7, 11) is 0. The largest absolute Gasteiger partial charge is 0.253 e. The van der Waals surface area contributed by atoms with Crippen molar-refractivity contribution >= 4 is 10.9 Å². The van der Waals surface area contributed by atoms with Crippen LogP contribution in [-0.4, -0.2) is 4.98 Å². The van der Waals surface area contributed by atoms with Crippen LogP contribution in [0.4, 0.5) is 0 Å². The minimum absolute atomic E-state index is 1.10. The predicted molar refractivity (Wildman–Crippen MR) is 65.1 cm³/mol. The smallest absolute Gasteiger partial charge is 0.0705 e. The summed E-state index contributed by atoms with van der Waals surface area (Å²) in [6.07, 6.45) is 3.55. The van der Waals surface area contributed by atoms with Gasteiger partial charge < -0.3 is 0 Å². The van der Waals surface area contributed by atoms with Crippen LogP contribution in [0.3, 0.4) is 0 Å². The molecule has 15 heavy (non-hydrogen) atoms. The highest BCUT2D eigenvalue weighted by Crippen LogP contribution is 2.15. The molecule has 78 valence electrons. The van der Waals surface area contributed by atoms with Gasteiger partial charge in [-0.1, -0.05) is 31.0 Å². The summed E-state index contributed by atoms with van der Waals surface area (Å²) in [5, 5.41) is 1.25. The van der Waals surface area contributed by atoms with Crippen molar-refractivity contribution in [2.24, 2.45) is 0 Å². The summed E-state index contributed by atoms with van der Waals surface area (Å²) in [6.45, 7) is 4.33. The number of hydrogen-bond acceptors (Lipinski definition) is 1. The van der Waals surface area contributed by atoms with Crippen molar-refractivity contribution in [2.75, 3.05) is 0 Å². The summed E-state index contributed by atoms with van der Waals surface area (Å²) in [5.74, 6) is 0. The summed E-state index contributed by atoms with van der Waals surface area (Å²) >= 11 is 0. The molecule has 0 radical (unpaired) electrons. The molecule has 0 bridgehead atoms. The van der Waals surface area contributed by atoms with Gasteiger partial charge >= 0.3 is 0 Å². The number of aromatic nitrogens is 1. The Morgan fingerprint density at radius 3 is 2.80 bits per heavy atom. The summed E-state index contributed by atoms with van der Waals surface area (Å²) in [6, 6.07) is 10.8. The van der Waals surface area contributed by atoms with Gasteiger partial charge in [0, 0.05) is 11.1 Å². The van der Waals surface area contributed by atoms with E-state index in [0.29, 0.717) is 0 Å². The molecule has 0 aliphatic heterocycles. The van der Waals surface area contributed by atoms with E-state index in [-0.39, 0.29) is 0 Å². The number of pyridine rings is 1. The Balaban J connectivity index is 2.34. The molecule has 0 fully saturated rings. The fourth-order valence-corrected chi connectivity index (χ4v) is 1.78. The molecule has 0 N–H and O–H groups in total. The molecule has 0 spiro atoms. The van der Waals surface area contributed by atoms with Crippen LogP contribution < -0.4 is 0 Å². The molecule has 1 heteroatoms. The number of hydrogen-bond donors (Lipinski definition) is 0. The molecule has 0 saturated carbocycles. The van der Waals surface area contributed by atoms with Crippen LogP contribution in [-0.2, 0) is 6.42 Å². The lowest BCUT2D eigenvalue weighted by Crippen LogP contribution is -1.90. The average Bonchev–Trinajstić information content (AvgIpc) is 2.26. The Bertz CT molecular complexity index is 460. The Hall–Kier alpha value is -1.37. The first kappa shape index (κ1) is 10.2. The third-order valence-corrected chi connectivity index (χ3v) is 2.69. The van der Waals surface area contributed by atoms with Gasteiger partial charge in [-0.05, 0) is 38.0 Å². The van der Waals surface area contributed by atoms with Crippen LogP contribution in [0, 0.1) is 6.92 Å². The molecule has 2 rings (SSSR count). The predicted octanol–water partition coefficient (Wildman–Crippen LogP) is 3.89. The van der Waals surface area contributed by atoms with E-state index in [2.05, 4.69) is 49.2 Å². The van der Waals surface area contributed by atoms with Crippen LogP contribution in [0.5, 0.6) is 0 Å². The molecule has 1 heterocycles. The lowest BCUT2D eigenvalue weighted by molar-refractivity contribution is 0.780. The number of fused-ring (bicyclic) bond motifs is 1. The molecule has 0 saturated heterocycles. The van der Waals surface area contributed by atoms with E-state index < -0.39 is 0 Å². The van der Waals surface area contributed by atoms with Gasteiger partial charge in [-0.25, -0.2) is 0 Å². The van der Waals surface area contributed by atoms with E-state index in [1.54, 1.807) is 0 Å². The van der Waals surface area contributed by atoms with Crippen molar-refractivity contribution in [3.05, 3.63) is 41.6 Å². The van der Waals surface area contributed by atoms with Crippen molar-refractivity contribution < 1.29 is 0 Å². The molecule has 1 aromatic heterocycles. The molecule has 1 aromatic carbocycles. The number of benzene rings is 1. The highest BCUT2D eigenvalue weighted by Gasteiger charge is 1.98. The molecule has 1 nitrogen and oxygen atoms in total. The van der Waals surface area contributed by atoms with Crippen molar-refractivity contribution in [3.63, 3.8) is 0 Å². The van der Waals surface area contributed by atoms with Gasteiger partial charge in [0.1, 0.15) is 0 Å². The lowest BCUT2D eigenvalue weighted by Gasteiger charge is -2.02. The van der Waals surface area contributed by atoms with E-state index in [0.717, 1.165) is 11.9 Å². The molecule has 0 atom stereocenters. The fourth-order valence-electron chi connectivity index (χ4n) is 1.78. The summed E-state index contributed by atoms with van der Waals surface area (Å²) in [5.41, 5.74) is 3.63. The van der Waals surface area contributed by atoms with Gasteiger partial charge in [-0.3, -0.25) is 4.98 Å². The van der Waals surface area contributed by atoms with E-state index in [1.165, 1.54) is 29.5 Å². The van der Waals surface area contributed by atoms with Crippen molar-refractivity contribution in [3.8, 4) is 0 Å². The Kier molecular flexibility index (Phi) is 3.00. The Morgan fingerprint density at radius 2 is 2.00 bits per heavy atom. The number of rotatable bonds is 3. The maximum absolute atomic E-state index is 4.65. The van der Waals surface area contributed by atoms with Crippen LogP contribution in [0.15, 0.2) is 30.3 Å². The zero-order chi connectivity index (χ0) is 10.7. The van der Waals surface area contributed by atoms with Crippen LogP contribution in [0.25, 0.3) is 10.9 Å². The Morgan fingerprint density at radius 1 is 1.13 bits per heavy atom. The minimum atomic E-state index is 1.10. The number of nitrogens with zero attached hydrogens (tertiary/aromatic N) is 1. The van der Waals surface area contributed by atoms with Crippen LogP contribution >= 0.6 is 0 Å². The third-order valence-electron chi connectivity index (χ3n) is 2.69. The van der Waals surface area contributed by atoms with E-state index in [9.17, 15) is 0 Å². The van der Waals surface area contributed by atoms with Gasteiger partial charge in [0.2, 0.25) is 0 Å². The molecule has 0 amide bonds. The van der Waals surface area contributed by atoms with Crippen LogP contribution in [0.1, 0.15) is 31.0 Å². The Labute approximate surface area is 91.2 Å². The molecule has 0 aliphatic rings. The second-order valence-corrected chi connectivity index (χ2v) is 4.10. The molecular weight excluding hydrogens is 182 g/mol. The van der Waals surface area contributed by atoms with Crippen molar-refractivity contribution in [1.82, 2.24) is 4.98 Å². The third kappa shape index (κ3) is 2.35. The first-order chi connectivity index (χ1) is 7.29. The van der Waals surface area contributed by atoms with Crippen molar-refractivity contribution in [2.45, 2.75) is 33.1 Å². The summed E-state index contributed by atoms with van der Waals surface area (Å²) < 4.78 is 0. The fraction of sp³-hybridized carbons (Fsp3) is 0.357. The zero-order valence-corrected chi connectivity index (χ0v) is 9.46. The van der Waals surface area contributed by atoms with Gasteiger partial charge in [0.15, 0.2) is 0 Å². The topological polar surface area (TPSA) is 12.9 Å². The highest BCUT2D eigenvalue weighted by molar-refractivity contribution is 5.79. The van der Waals surface area contributed by atoms with E-state index in [4.69, 9.17) is 0 Å². The standard InChI is InChI=1S/C14H17N/c1-3-4-5-13-8-7-12-10-11(2)6-9-14(12)15-13/h6-10H,3-5H2,1-2H3. The van der Waals surface area contributed by atoms with E-state index >= 15 is 0 Å². The lowest BCUT2D eigenvalue weighted by atomic mass is 10.1. The normalized spacial score (nSPS) is 10.8. The maximum atomic E-state index is 4.65. The van der Waals surface area contributed by atoms with Gasteiger partial charge in [0.05, 0.1) is 5.52 Å². The number of unbranched alkanes of at least 4 members (excludes halogenated alkanes) is 1. The average molecular weight is 199 g/mol. The minimum Gasteiger partial charge on any atom is -0.253 e. The van der Waals surface area contributed by atoms with E-state index in [1.807, 2.05) is 0 Å². The second-order valence-electron chi connectivity index (χ2n) is 4.10. The highest BCUT2D eigenvalue weighted by atomic mass is 14.7. The first-order valence-corrected chi connectivity index (χ1v) is 5.66. The van der Waals surface area contributed by atoms with Gasteiger partial charge in [-0.2, -0.15) is 0 Å². The molecular formula is C14H17N. The second kappa shape index (κ2) is 4.43. The molecule has 2 aromatic rings. The quantitative estimate of drug-likeness (QED) is 0.731. The maximum Gasteiger partial charge on any atom is 0.0705 e. The van der Waals surface area contributed by atoms with Gasteiger partial charge in [-0.15, -0.1) is 0 Å². The summed E-state index contributed by atoms with van der Waals surface area (Å²) in [4.78, 5) is 4.65.